The Labute approximate surface area is 116 Å². The predicted molar refractivity (Wildman–Crippen MR) is 82.5 cm³/mol. The summed E-state index contributed by atoms with van der Waals surface area (Å²) < 4.78 is 0. The fourth-order valence-corrected chi connectivity index (χ4v) is 2.62. The second kappa shape index (κ2) is 6.53. The molecular weight excluding hydrogens is 230 g/mol. The number of nitrogens with one attached hydrogen (secondary N) is 1. The zero-order chi connectivity index (χ0) is 13.7. The molecule has 0 aliphatic heterocycles. The van der Waals surface area contributed by atoms with Crippen molar-refractivity contribution in [3.63, 3.8) is 0 Å². The maximum atomic E-state index is 3.60. The van der Waals surface area contributed by atoms with Crippen LogP contribution >= 0.6 is 0 Å². The number of benzene rings is 2. The topological polar surface area (TPSA) is 12.0 Å². The van der Waals surface area contributed by atoms with Crippen LogP contribution in [0.25, 0.3) is 0 Å². The molecule has 0 heterocycles. The van der Waals surface area contributed by atoms with Crippen LogP contribution in [0.15, 0.2) is 48.5 Å². The summed E-state index contributed by atoms with van der Waals surface area (Å²) in [6.07, 6.45) is 1.04. The summed E-state index contributed by atoms with van der Waals surface area (Å²) in [6, 6.07) is 17.9. The zero-order valence-electron chi connectivity index (χ0n) is 12.1. The molecule has 0 saturated heterocycles. The van der Waals surface area contributed by atoms with Crippen molar-refractivity contribution in [3.8, 4) is 0 Å². The quantitative estimate of drug-likeness (QED) is 0.842. The molecule has 0 aliphatic carbocycles. The molecule has 19 heavy (non-hydrogen) atoms. The van der Waals surface area contributed by atoms with E-state index in [0.717, 1.165) is 13.0 Å². The van der Waals surface area contributed by atoms with Crippen LogP contribution in [0.4, 0.5) is 0 Å². The molecule has 1 N–H and O–H groups in total. The third-order valence-corrected chi connectivity index (χ3v) is 3.38. The van der Waals surface area contributed by atoms with E-state index in [9.17, 15) is 0 Å². The van der Waals surface area contributed by atoms with E-state index in [1.165, 1.54) is 22.3 Å². The van der Waals surface area contributed by atoms with Gasteiger partial charge in [0, 0.05) is 6.04 Å². The van der Waals surface area contributed by atoms with Gasteiger partial charge in [-0.05, 0) is 37.9 Å². The molecule has 1 nitrogen and oxygen atoms in total. The minimum atomic E-state index is 0.394. The SMILES string of the molecule is CCNC(Cc1ccccc1)c1cc(C)cc(C)c1. The highest BCUT2D eigenvalue weighted by molar-refractivity contribution is 5.32. The number of hydrogen-bond donors (Lipinski definition) is 1. The lowest BCUT2D eigenvalue weighted by Gasteiger charge is -2.19. The first-order valence-electron chi connectivity index (χ1n) is 7.04. The van der Waals surface area contributed by atoms with E-state index >= 15 is 0 Å². The molecule has 100 valence electrons. The van der Waals surface area contributed by atoms with Crippen LogP contribution in [0.2, 0.25) is 0 Å². The molecule has 0 spiro atoms. The first-order valence-corrected chi connectivity index (χ1v) is 7.04. The van der Waals surface area contributed by atoms with E-state index in [-0.39, 0.29) is 0 Å². The first-order chi connectivity index (χ1) is 9.19. The Bertz CT molecular complexity index is 496. The lowest BCUT2D eigenvalue weighted by Crippen LogP contribution is -2.23. The molecule has 0 bridgehead atoms. The van der Waals surface area contributed by atoms with Crippen molar-refractivity contribution >= 4 is 0 Å². The largest absolute Gasteiger partial charge is 0.310 e. The van der Waals surface area contributed by atoms with E-state index in [1.54, 1.807) is 0 Å². The average Bonchev–Trinajstić information content (AvgIpc) is 2.38. The monoisotopic (exact) mass is 253 g/mol. The normalized spacial score (nSPS) is 12.4. The highest BCUT2D eigenvalue weighted by Gasteiger charge is 2.11. The van der Waals surface area contributed by atoms with Gasteiger partial charge >= 0.3 is 0 Å². The molecule has 0 amide bonds. The molecule has 0 radical (unpaired) electrons. The molecule has 0 aliphatic rings. The Kier molecular flexibility index (Phi) is 4.75. The van der Waals surface area contributed by atoms with E-state index in [0.29, 0.717) is 6.04 Å². The summed E-state index contributed by atoms with van der Waals surface area (Å²) in [7, 11) is 0. The molecule has 2 aromatic rings. The van der Waals surface area contributed by atoms with E-state index in [1.807, 2.05) is 0 Å². The van der Waals surface area contributed by atoms with Gasteiger partial charge in [0.1, 0.15) is 0 Å². The summed E-state index contributed by atoms with van der Waals surface area (Å²) >= 11 is 0. The Balaban J connectivity index is 2.24. The maximum Gasteiger partial charge on any atom is 0.0360 e. The Morgan fingerprint density at radius 2 is 1.58 bits per heavy atom. The average molecular weight is 253 g/mol. The molecule has 2 rings (SSSR count). The molecule has 2 aromatic carbocycles. The van der Waals surface area contributed by atoms with E-state index < -0.39 is 0 Å². The molecule has 0 aromatic heterocycles. The summed E-state index contributed by atoms with van der Waals surface area (Å²) in [6.45, 7) is 7.50. The van der Waals surface area contributed by atoms with Gasteiger partial charge in [-0.3, -0.25) is 0 Å². The molecular formula is C18H23N. The van der Waals surface area contributed by atoms with Gasteiger partial charge < -0.3 is 5.32 Å². The van der Waals surface area contributed by atoms with Crippen LogP contribution in [0, 0.1) is 13.8 Å². The molecule has 1 unspecified atom stereocenters. The Hall–Kier alpha value is -1.60. The van der Waals surface area contributed by atoms with Gasteiger partial charge in [-0.2, -0.15) is 0 Å². The van der Waals surface area contributed by atoms with Gasteiger partial charge in [0.15, 0.2) is 0 Å². The van der Waals surface area contributed by atoms with Crippen molar-refractivity contribution in [2.45, 2.75) is 33.2 Å². The summed E-state index contributed by atoms with van der Waals surface area (Å²) in [5.74, 6) is 0. The minimum Gasteiger partial charge on any atom is -0.310 e. The predicted octanol–water partition coefficient (Wildman–Crippen LogP) is 4.20. The van der Waals surface area contributed by atoms with Gasteiger partial charge in [0.25, 0.3) is 0 Å². The van der Waals surface area contributed by atoms with Crippen molar-refractivity contribution in [2.75, 3.05) is 6.54 Å². The second-order valence-electron chi connectivity index (χ2n) is 5.22. The van der Waals surface area contributed by atoms with Gasteiger partial charge in [-0.1, -0.05) is 66.6 Å². The molecule has 1 heteroatoms. The number of rotatable bonds is 5. The lowest BCUT2D eigenvalue weighted by atomic mass is 9.96. The van der Waals surface area contributed by atoms with Crippen LogP contribution < -0.4 is 5.32 Å². The van der Waals surface area contributed by atoms with Crippen molar-refractivity contribution < 1.29 is 0 Å². The van der Waals surface area contributed by atoms with Crippen LogP contribution in [-0.4, -0.2) is 6.54 Å². The molecule has 0 saturated carbocycles. The van der Waals surface area contributed by atoms with Gasteiger partial charge in [0.2, 0.25) is 0 Å². The van der Waals surface area contributed by atoms with Gasteiger partial charge in [0.05, 0.1) is 0 Å². The fourth-order valence-electron chi connectivity index (χ4n) is 2.62. The highest BCUT2D eigenvalue weighted by atomic mass is 14.9. The van der Waals surface area contributed by atoms with Crippen molar-refractivity contribution in [3.05, 3.63) is 70.8 Å². The van der Waals surface area contributed by atoms with Crippen molar-refractivity contribution in [2.24, 2.45) is 0 Å². The Morgan fingerprint density at radius 3 is 2.16 bits per heavy atom. The van der Waals surface area contributed by atoms with E-state index in [4.69, 9.17) is 0 Å². The van der Waals surface area contributed by atoms with Crippen LogP contribution in [0.5, 0.6) is 0 Å². The maximum absolute atomic E-state index is 3.60. The van der Waals surface area contributed by atoms with Crippen molar-refractivity contribution in [1.82, 2.24) is 5.32 Å². The Morgan fingerprint density at radius 1 is 0.947 bits per heavy atom. The van der Waals surface area contributed by atoms with Crippen LogP contribution in [0.3, 0.4) is 0 Å². The second-order valence-corrected chi connectivity index (χ2v) is 5.22. The number of aryl methyl sites for hydroxylation is 2. The van der Waals surface area contributed by atoms with Gasteiger partial charge in [-0.25, -0.2) is 0 Å². The molecule has 0 fully saturated rings. The number of hydrogen-bond acceptors (Lipinski definition) is 1. The summed E-state index contributed by atoms with van der Waals surface area (Å²) in [5, 5.41) is 3.60. The summed E-state index contributed by atoms with van der Waals surface area (Å²) in [4.78, 5) is 0. The third kappa shape index (κ3) is 3.93. The summed E-state index contributed by atoms with van der Waals surface area (Å²) in [5.41, 5.74) is 5.45. The van der Waals surface area contributed by atoms with Crippen molar-refractivity contribution in [1.29, 1.82) is 0 Å². The first kappa shape index (κ1) is 13.8. The van der Waals surface area contributed by atoms with Crippen LogP contribution in [0.1, 0.15) is 35.2 Å². The van der Waals surface area contributed by atoms with E-state index in [2.05, 4.69) is 74.6 Å². The lowest BCUT2D eigenvalue weighted by molar-refractivity contribution is 0.549. The zero-order valence-corrected chi connectivity index (χ0v) is 12.1. The van der Waals surface area contributed by atoms with Crippen LogP contribution in [-0.2, 0) is 6.42 Å². The smallest absolute Gasteiger partial charge is 0.0360 e. The number of likely N-dealkylation sites (N-methyl/N-ethyl adjacent to an activating group) is 1. The minimum absolute atomic E-state index is 0.394. The fraction of sp³-hybridized carbons (Fsp3) is 0.333. The third-order valence-electron chi connectivity index (χ3n) is 3.38. The van der Waals surface area contributed by atoms with Gasteiger partial charge in [-0.15, -0.1) is 0 Å². The molecule has 1 atom stereocenters. The standard InChI is InChI=1S/C18H23N/c1-4-19-18(13-16-8-6-5-7-9-16)17-11-14(2)10-15(3)12-17/h5-12,18-19H,4,13H2,1-3H3. The highest BCUT2D eigenvalue weighted by Crippen LogP contribution is 2.21.